The first-order chi connectivity index (χ1) is 15.8. The van der Waals surface area contributed by atoms with Gasteiger partial charge in [0.05, 0.1) is 16.6 Å². The molecule has 33 heavy (non-hydrogen) atoms. The summed E-state index contributed by atoms with van der Waals surface area (Å²) in [6.45, 7) is 2.36. The van der Waals surface area contributed by atoms with Crippen LogP contribution >= 0.6 is 11.6 Å². The highest BCUT2D eigenvalue weighted by atomic mass is 35.5. The summed E-state index contributed by atoms with van der Waals surface area (Å²) in [5.41, 5.74) is 1.11. The predicted octanol–water partition coefficient (Wildman–Crippen LogP) is 4.18. The van der Waals surface area contributed by atoms with Crippen molar-refractivity contribution in [3.63, 3.8) is 0 Å². The van der Waals surface area contributed by atoms with Crippen molar-refractivity contribution >= 4 is 33.2 Å². The molecule has 1 N–H and O–H groups in total. The second-order valence-corrected chi connectivity index (χ2v) is 9.80. The number of ether oxygens (including phenoxy) is 2. The van der Waals surface area contributed by atoms with E-state index in [-0.39, 0.29) is 10.9 Å². The number of fused-ring (bicyclic) bond motifs is 1. The largest absolute Gasteiger partial charge is 0.486 e. The van der Waals surface area contributed by atoms with Crippen molar-refractivity contribution in [2.75, 3.05) is 24.1 Å². The van der Waals surface area contributed by atoms with Crippen LogP contribution in [0.3, 0.4) is 0 Å². The van der Waals surface area contributed by atoms with Crippen molar-refractivity contribution in [1.29, 1.82) is 0 Å². The van der Waals surface area contributed by atoms with Crippen LogP contribution in [0.15, 0.2) is 77.7 Å². The number of sulfonamides is 1. The van der Waals surface area contributed by atoms with Gasteiger partial charge in [0, 0.05) is 5.02 Å². The summed E-state index contributed by atoms with van der Waals surface area (Å²) < 4.78 is 38.9. The van der Waals surface area contributed by atoms with Crippen molar-refractivity contribution in [3.05, 3.63) is 83.4 Å². The standard InChI is InChI=1S/C24H23ClN2O5S/c1-17(18-10-11-22-23(14-18)32-13-12-31-22)26-24(28)16-27(20-7-5-6-19(25)15-20)33(29,30)21-8-3-2-4-9-21/h2-11,14-15,17H,12-13,16H2,1H3,(H,26,28)/t17-/m0/s1. The molecule has 0 aromatic heterocycles. The van der Waals surface area contributed by atoms with E-state index in [1.165, 1.54) is 18.2 Å². The molecule has 0 spiro atoms. The van der Waals surface area contributed by atoms with E-state index in [0.29, 0.717) is 35.4 Å². The minimum atomic E-state index is -4.00. The van der Waals surface area contributed by atoms with Crippen LogP contribution in [0.25, 0.3) is 0 Å². The average Bonchev–Trinajstić information content (AvgIpc) is 2.82. The lowest BCUT2D eigenvalue weighted by Crippen LogP contribution is -2.41. The van der Waals surface area contributed by atoms with Crippen molar-refractivity contribution in [2.45, 2.75) is 17.9 Å². The zero-order valence-corrected chi connectivity index (χ0v) is 19.5. The molecule has 3 aromatic rings. The van der Waals surface area contributed by atoms with E-state index in [1.54, 1.807) is 42.5 Å². The van der Waals surface area contributed by atoms with Gasteiger partial charge in [-0.3, -0.25) is 9.10 Å². The van der Waals surface area contributed by atoms with E-state index in [0.717, 1.165) is 9.87 Å². The van der Waals surface area contributed by atoms with Gasteiger partial charge in [-0.2, -0.15) is 0 Å². The fourth-order valence-electron chi connectivity index (χ4n) is 3.50. The van der Waals surface area contributed by atoms with Crippen LogP contribution in [0.1, 0.15) is 18.5 Å². The van der Waals surface area contributed by atoms with Crippen LogP contribution in [-0.4, -0.2) is 34.1 Å². The molecule has 0 saturated heterocycles. The maximum absolute atomic E-state index is 13.4. The van der Waals surface area contributed by atoms with Gasteiger partial charge in [0.15, 0.2) is 11.5 Å². The molecule has 0 aliphatic carbocycles. The van der Waals surface area contributed by atoms with Gasteiger partial charge in [-0.25, -0.2) is 8.42 Å². The summed E-state index contributed by atoms with van der Waals surface area (Å²) in [6.07, 6.45) is 0. The third-order valence-electron chi connectivity index (χ3n) is 5.16. The number of halogens is 1. The number of benzene rings is 3. The molecule has 4 rings (SSSR count). The Morgan fingerprint density at radius 1 is 1.00 bits per heavy atom. The van der Waals surface area contributed by atoms with Crippen LogP contribution in [0.4, 0.5) is 5.69 Å². The zero-order valence-electron chi connectivity index (χ0n) is 17.9. The summed E-state index contributed by atoms with van der Waals surface area (Å²) in [4.78, 5) is 13.0. The first-order valence-corrected chi connectivity index (χ1v) is 12.2. The highest BCUT2D eigenvalue weighted by Crippen LogP contribution is 2.32. The first kappa shape index (κ1) is 22.9. The first-order valence-electron chi connectivity index (χ1n) is 10.4. The van der Waals surface area contributed by atoms with Gasteiger partial charge in [-0.15, -0.1) is 0 Å². The van der Waals surface area contributed by atoms with E-state index < -0.39 is 22.5 Å². The molecule has 0 bridgehead atoms. The number of carbonyl (C=O) groups is 1. The second-order valence-electron chi connectivity index (χ2n) is 7.50. The Bertz CT molecular complexity index is 1250. The highest BCUT2D eigenvalue weighted by molar-refractivity contribution is 7.92. The number of amides is 1. The van der Waals surface area contributed by atoms with Gasteiger partial charge in [-0.05, 0) is 55.0 Å². The summed E-state index contributed by atoms with van der Waals surface area (Å²) in [5, 5.41) is 3.23. The van der Waals surface area contributed by atoms with Gasteiger partial charge in [-0.1, -0.05) is 41.9 Å². The number of anilines is 1. The highest BCUT2D eigenvalue weighted by Gasteiger charge is 2.28. The SMILES string of the molecule is C[C@H](NC(=O)CN(c1cccc(Cl)c1)S(=O)(=O)c1ccccc1)c1ccc2c(c1)OCCO2. The molecule has 1 aliphatic heterocycles. The minimum Gasteiger partial charge on any atom is -0.486 e. The minimum absolute atomic E-state index is 0.0812. The van der Waals surface area contributed by atoms with Crippen LogP contribution in [-0.2, 0) is 14.8 Å². The normalized spacial score (nSPS) is 13.8. The Kier molecular flexibility index (Phi) is 6.76. The maximum atomic E-state index is 13.4. The molecule has 1 heterocycles. The number of nitrogens with one attached hydrogen (secondary N) is 1. The topological polar surface area (TPSA) is 84.9 Å². The van der Waals surface area contributed by atoms with Crippen molar-refractivity contribution in [3.8, 4) is 11.5 Å². The van der Waals surface area contributed by atoms with Gasteiger partial charge in [0.1, 0.15) is 19.8 Å². The van der Waals surface area contributed by atoms with E-state index in [9.17, 15) is 13.2 Å². The van der Waals surface area contributed by atoms with Crippen LogP contribution in [0, 0.1) is 0 Å². The quantitative estimate of drug-likeness (QED) is 0.541. The van der Waals surface area contributed by atoms with Gasteiger partial charge in [0.2, 0.25) is 5.91 Å². The number of nitrogens with zero attached hydrogens (tertiary/aromatic N) is 1. The average molecular weight is 487 g/mol. The maximum Gasteiger partial charge on any atom is 0.264 e. The third kappa shape index (κ3) is 5.23. The molecule has 0 saturated carbocycles. The van der Waals surface area contributed by atoms with Crippen LogP contribution in [0.2, 0.25) is 5.02 Å². The van der Waals surface area contributed by atoms with Gasteiger partial charge >= 0.3 is 0 Å². The molecule has 7 nitrogen and oxygen atoms in total. The molecule has 1 amide bonds. The van der Waals surface area contributed by atoms with E-state index in [1.807, 2.05) is 19.1 Å². The molecule has 9 heteroatoms. The van der Waals surface area contributed by atoms with E-state index >= 15 is 0 Å². The molecule has 0 radical (unpaired) electrons. The lowest BCUT2D eigenvalue weighted by Gasteiger charge is -2.25. The smallest absolute Gasteiger partial charge is 0.264 e. The molecule has 172 valence electrons. The van der Waals surface area contributed by atoms with Crippen LogP contribution in [0.5, 0.6) is 11.5 Å². The fraction of sp³-hybridized carbons (Fsp3) is 0.208. The molecule has 1 atom stereocenters. The molecule has 0 unspecified atom stereocenters. The third-order valence-corrected chi connectivity index (χ3v) is 7.18. The Hall–Kier alpha value is -3.23. The summed E-state index contributed by atoms with van der Waals surface area (Å²) in [7, 11) is -4.00. The molecular weight excluding hydrogens is 464 g/mol. The summed E-state index contributed by atoms with van der Waals surface area (Å²) >= 11 is 6.10. The number of hydrogen-bond donors (Lipinski definition) is 1. The van der Waals surface area contributed by atoms with Crippen molar-refractivity contribution < 1.29 is 22.7 Å². The summed E-state index contributed by atoms with van der Waals surface area (Å²) in [6, 6.07) is 19.4. The lowest BCUT2D eigenvalue weighted by molar-refractivity contribution is -0.120. The van der Waals surface area contributed by atoms with Crippen molar-refractivity contribution in [2.24, 2.45) is 0 Å². The van der Waals surface area contributed by atoms with Crippen LogP contribution < -0.4 is 19.1 Å². The number of rotatable bonds is 7. The Balaban J connectivity index is 1.56. The Labute approximate surface area is 197 Å². The monoisotopic (exact) mass is 486 g/mol. The molecule has 3 aromatic carbocycles. The molecule has 1 aliphatic rings. The predicted molar refractivity (Wildman–Crippen MR) is 126 cm³/mol. The zero-order chi connectivity index (χ0) is 23.4. The number of hydrogen-bond acceptors (Lipinski definition) is 5. The Morgan fingerprint density at radius 3 is 2.45 bits per heavy atom. The summed E-state index contributed by atoms with van der Waals surface area (Å²) in [5.74, 6) is 0.813. The van der Waals surface area contributed by atoms with Gasteiger partial charge < -0.3 is 14.8 Å². The number of carbonyl (C=O) groups excluding carboxylic acids is 1. The van der Waals surface area contributed by atoms with Gasteiger partial charge in [0.25, 0.3) is 10.0 Å². The Morgan fingerprint density at radius 2 is 1.73 bits per heavy atom. The van der Waals surface area contributed by atoms with Crippen molar-refractivity contribution in [1.82, 2.24) is 5.32 Å². The van der Waals surface area contributed by atoms with E-state index in [4.69, 9.17) is 21.1 Å². The lowest BCUT2D eigenvalue weighted by atomic mass is 10.1. The molecular formula is C24H23ClN2O5S. The fourth-order valence-corrected chi connectivity index (χ4v) is 5.11. The molecule has 0 fully saturated rings. The second kappa shape index (κ2) is 9.72. The van der Waals surface area contributed by atoms with E-state index in [2.05, 4.69) is 5.32 Å².